The SMILES string of the molecule is COc1ccccc1C(CO)OCCO[Si](c1ccccc1)(c1ccccc1)C(C)(C)C. The van der Waals surface area contributed by atoms with E-state index in [0.29, 0.717) is 19.0 Å². The fourth-order valence-corrected chi connectivity index (χ4v) is 8.86. The monoisotopic (exact) mass is 450 g/mol. The number of para-hydroxylation sites is 1. The maximum Gasteiger partial charge on any atom is 0.261 e. The quantitative estimate of drug-likeness (QED) is 0.369. The zero-order chi connectivity index (χ0) is 23.0. The van der Waals surface area contributed by atoms with Gasteiger partial charge in [-0.2, -0.15) is 0 Å². The van der Waals surface area contributed by atoms with Crippen molar-refractivity contribution < 1.29 is 19.0 Å². The van der Waals surface area contributed by atoms with Gasteiger partial charge in [-0.3, -0.25) is 0 Å². The highest BCUT2D eigenvalue weighted by Gasteiger charge is 2.50. The van der Waals surface area contributed by atoms with Crippen LogP contribution in [0, 0.1) is 0 Å². The Bertz CT molecular complexity index is 915. The van der Waals surface area contributed by atoms with Gasteiger partial charge in [-0.1, -0.05) is 99.6 Å². The van der Waals surface area contributed by atoms with Crippen molar-refractivity contribution in [2.45, 2.75) is 31.9 Å². The van der Waals surface area contributed by atoms with Gasteiger partial charge in [0.1, 0.15) is 11.9 Å². The number of aliphatic hydroxyl groups is 1. The second kappa shape index (κ2) is 10.9. The van der Waals surface area contributed by atoms with Crippen LogP contribution in [0.3, 0.4) is 0 Å². The van der Waals surface area contributed by atoms with Gasteiger partial charge in [0, 0.05) is 5.56 Å². The first-order chi connectivity index (χ1) is 15.4. The van der Waals surface area contributed by atoms with Crippen LogP contribution in [0.5, 0.6) is 5.75 Å². The minimum absolute atomic E-state index is 0.0886. The lowest BCUT2D eigenvalue weighted by Gasteiger charge is -2.43. The highest BCUT2D eigenvalue weighted by Crippen LogP contribution is 2.36. The summed E-state index contributed by atoms with van der Waals surface area (Å²) in [6.07, 6.45) is -0.464. The number of rotatable bonds is 10. The van der Waals surface area contributed by atoms with E-state index in [1.807, 2.05) is 36.4 Å². The van der Waals surface area contributed by atoms with Gasteiger partial charge < -0.3 is 19.0 Å². The smallest absolute Gasteiger partial charge is 0.261 e. The molecule has 0 spiro atoms. The predicted molar refractivity (Wildman–Crippen MR) is 132 cm³/mol. The van der Waals surface area contributed by atoms with Gasteiger partial charge in [0.25, 0.3) is 8.32 Å². The Labute approximate surface area is 192 Å². The molecule has 0 aliphatic carbocycles. The number of hydrogen-bond acceptors (Lipinski definition) is 4. The van der Waals surface area contributed by atoms with Gasteiger partial charge in [0.15, 0.2) is 0 Å². The standard InChI is InChI=1S/C27H34O4Si/c1-27(2,3)32(22-13-7-5-8-14-22,23-15-9-6-10-16-23)31-20-19-30-26(21-28)24-17-11-12-18-25(24)29-4/h5-18,26,28H,19-21H2,1-4H3. The zero-order valence-electron chi connectivity index (χ0n) is 19.5. The summed E-state index contributed by atoms with van der Waals surface area (Å²) in [5.74, 6) is 0.708. The second-order valence-electron chi connectivity index (χ2n) is 8.80. The molecule has 0 aromatic heterocycles. The molecule has 1 atom stereocenters. The van der Waals surface area contributed by atoms with E-state index < -0.39 is 14.4 Å². The van der Waals surface area contributed by atoms with E-state index in [1.54, 1.807) is 7.11 Å². The minimum atomic E-state index is -2.60. The van der Waals surface area contributed by atoms with E-state index in [0.717, 1.165) is 5.56 Å². The van der Waals surface area contributed by atoms with Crippen molar-refractivity contribution in [3.05, 3.63) is 90.5 Å². The van der Waals surface area contributed by atoms with Crippen molar-refractivity contribution >= 4 is 18.7 Å². The van der Waals surface area contributed by atoms with Crippen molar-refractivity contribution in [1.82, 2.24) is 0 Å². The van der Waals surface area contributed by atoms with Crippen LogP contribution in [0.15, 0.2) is 84.9 Å². The molecule has 0 heterocycles. The normalized spacial score (nSPS) is 13.0. The Kier molecular flexibility index (Phi) is 8.26. The molecular weight excluding hydrogens is 416 g/mol. The second-order valence-corrected chi connectivity index (χ2v) is 13.1. The third kappa shape index (κ3) is 5.13. The summed E-state index contributed by atoms with van der Waals surface area (Å²) >= 11 is 0. The van der Waals surface area contributed by atoms with E-state index >= 15 is 0 Å². The summed E-state index contributed by atoms with van der Waals surface area (Å²) in [6.45, 7) is 7.44. The Morgan fingerprint density at radius 3 is 1.81 bits per heavy atom. The van der Waals surface area contributed by atoms with Crippen LogP contribution in [0.1, 0.15) is 32.4 Å². The van der Waals surface area contributed by atoms with Crippen LogP contribution >= 0.6 is 0 Å². The topological polar surface area (TPSA) is 47.9 Å². The number of benzene rings is 3. The number of hydrogen-bond donors (Lipinski definition) is 1. The van der Waals surface area contributed by atoms with Crippen LogP contribution < -0.4 is 15.1 Å². The Morgan fingerprint density at radius 1 is 0.781 bits per heavy atom. The number of methoxy groups -OCH3 is 1. The Hall–Kier alpha value is -2.44. The molecule has 0 aliphatic heterocycles. The molecule has 0 radical (unpaired) electrons. The van der Waals surface area contributed by atoms with Crippen molar-refractivity contribution in [3.63, 3.8) is 0 Å². The molecule has 3 aromatic carbocycles. The maximum absolute atomic E-state index is 9.93. The van der Waals surface area contributed by atoms with E-state index in [-0.39, 0.29) is 11.6 Å². The molecule has 0 bridgehead atoms. The van der Waals surface area contributed by atoms with Crippen molar-refractivity contribution in [3.8, 4) is 5.75 Å². The van der Waals surface area contributed by atoms with Crippen molar-refractivity contribution in [2.75, 3.05) is 26.9 Å². The first-order valence-corrected chi connectivity index (χ1v) is 12.9. The van der Waals surface area contributed by atoms with Gasteiger partial charge in [-0.25, -0.2) is 0 Å². The van der Waals surface area contributed by atoms with Gasteiger partial charge in [0.05, 0.1) is 26.9 Å². The summed E-state index contributed by atoms with van der Waals surface area (Å²) in [5.41, 5.74) is 0.836. The molecule has 170 valence electrons. The molecule has 3 aromatic rings. The van der Waals surface area contributed by atoms with Crippen LogP contribution in [0.4, 0.5) is 0 Å². The van der Waals surface area contributed by atoms with Crippen LogP contribution in [0.25, 0.3) is 0 Å². The molecule has 0 aliphatic rings. The van der Waals surface area contributed by atoms with E-state index in [9.17, 15) is 5.11 Å². The minimum Gasteiger partial charge on any atom is -0.496 e. The Balaban J connectivity index is 1.84. The number of aliphatic hydroxyl groups excluding tert-OH is 1. The van der Waals surface area contributed by atoms with Gasteiger partial charge in [0.2, 0.25) is 0 Å². The summed E-state index contributed by atoms with van der Waals surface area (Å²) < 4.78 is 18.4. The predicted octanol–water partition coefficient (Wildman–Crippen LogP) is 4.32. The molecule has 1 N–H and O–H groups in total. The molecule has 32 heavy (non-hydrogen) atoms. The third-order valence-corrected chi connectivity index (χ3v) is 10.8. The first-order valence-electron chi connectivity index (χ1n) is 11.0. The van der Waals surface area contributed by atoms with E-state index in [2.05, 4.69) is 69.3 Å². The van der Waals surface area contributed by atoms with E-state index in [1.165, 1.54) is 10.4 Å². The molecule has 0 fully saturated rings. The summed E-state index contributed by atoms with van der Waals surface area (Å²) in [6, 6.07) is 28.7. The lowest BCUT2D eigenvalue weighted by Crippen LogP contribution is -2.66. The first kappa shape index (κ1) is 24.2. The van der Waals surface area contributed by atoms with E-state index in [4.69, 9.17) is 13.9 Å². The largest absolute Gasteiger partial charge is 0.496 e. The van der Waals surface area contributed by atoms with Crippen LogP contribution in [-0.2, 0) is 9.16 Å². The highest BCUT2D eigenvalue weighted by molar-refractivity contribution is 6.99. The average molecular weight is 451 g/mol. The van der Waals surface area contributed by atoms with Crippen molar-refractivity contribution in [2.24, 2.45) is 0 Å². The lowest BCUT2D eigenvalue weighted by molar-refractivity contribution is -0.00360. The molecule has 5 heteroatoms. The summed E-state index contributed by atoms with van der Waals surface area (Å²) in [4.78, 5) is 0. The molecule has 0 amide bonds. The van der Waals surface area contributed by atoms with Gasteiger partial charge in [-0.15, -0.1) is 0 Å². The lowest BCUT2D eigenvalue weighted by atomic mass is 10.1. The Morgan fingerprint density at radius 2 is 1.31 bits per heavy atom. The zero-order valence-corrected chi connectivity index (χ0v) is 20.5. The molecule has 4 nitrogen and oxygen atoms in total. The average Bonchev–Trinajstić information content (AvgIpc) is 2.82. The molecule has 3 rings (SSSR count). The summed E-state index contributed by atoms with van der Waals surface area (Å²) in [5, 5.41) is 12.3. The fraction of sp³-hybridized carbons (Fsp3) is 0.333. The van der Waals surface area contributed by atoms with Crippen molar-refractivity contribution in [1.29, 1.82) is 0 Å². The summed E-state index contributed by atoms with van der Waals surface area (Å²) in [7, 11) is -0.971. The van der Waals surface area contributed by atoms with Gasteiger partial charge >= 0.3 is 0 Å². The molecule has 0 saturated heterocycles. The maximum atomic E-state index is 9.93. The molecular formula is C27H34O4Si. The highest BCUT2D eigenvalue weighted by atomic mass is 28.4. The fourth-order valence-electron chi connectivity index (χ4n) is 4.32. The third-order valence-electron chi connectivity index (χ3n) is 5.79. The number of ether oxygens (including phenoxy) is 2. The van der Waals surface area contributed by atoms with Gasteiger partial charge in [-0.05, 0) is 21.5 Å². The van der Waals surface area contributed by atoms with Crippen LogP contribution in [0.2, 0.25) is 5.04 Å². The molecule has 0 saturated carbocycles. The van der Waals surface area contributed by atoms with Crippen LogP contribution in [-0.4, -0.2) is 40.4 Å². The molecule has 1 unspecified atom stereocenters.